The van der Waals surface area contributed by atoms with Gasteiger partial charge in [0.05, 0.1) is 23.0 Å². The fourth-order valence-corrected chi connectivity index (χ4v) is 9.37. The molecule has 0 radical (unpaired) electrons. The van der Waals surface area contributed by atoms with E-state index in [9.17, 15) is 29.1 Å². The average molecular weight is 774 g/mol. The van der Waals surface area contributed by atoms with Crippen LogP contribution in [0.15, 0.2) is 84.0 Å². The number of carbonyl (C=O) groups excluding carboxylic acids is 5. The van der Waals surface area contributed by atoms with Gasteiger partial charge in [0.1, 0.15) is 18.3 Å². The van der Waals surface area contributed by atoms with Crippen LogP contribution in [0.25, 0.3) is 0 Å². The van der Waals surface area contributed by atoms with Crippen LogP contribution in [-0.4, -0.2) is 90.1 Å². The minimum Gasteiger partial charge on any atom is -0.462 e. The molecule has 0 aromatic heterocycles. The Morgan fingerprint density at radius 2 is 1.41 bits per heavy atom. The summed E-state index contributed by atoms with van der Waals surface area (Å²) in [5.74, 6) is -3.89. The van der Waals surface area contributed by atoms with Crippen LogP contribution < -0.4 is 0 Å². The highest BCUT2D eigenvalue weighted by Crippen LogP contribution is 2.65. The number of carbonyl (C=O) groups is 5. The lowest BCUT2D eigenvalue weighted by atomic mass is 9.56. The molecule has 0 bridgehead atoms. The third kappa shape index (κ3) is 8.18. The Balaban J connectivity index is 1.70. The molecule has 9 atom stereocenters. The first-order chi connectivity index (χ1) is 26.2. The van der Waals surface area contributed by atoms with Crippen LogP contribution in [0.4, 0.5) is 0 Å². The van der Waals surface area contributed by atoms with Gasteiger partial charge in [0, 0.05) is 45.1 Å². The minimum absolute atomic E-state index is 0.0122. The highest BCUT2D eigenvalue weighted by molar-refractivity contribution is 5.89. The smallest absolute Gasteiger partial charge is 0.338 e. The third-order valence-corrected chi connectivity index (χ3v) is 12.2. The van der Waals surface area contributed by atoms with Crippen molar-refractivity contribution in [1.82, 2.24) is 4.90 Å². The van der Waals surface area contributed by atoms with Crippen LogP contribution in [-0.2, 0) is 42.9 Å². The van der Waals surface area contributed by atoms with Crippen molar-refractivity contribution in [3.05, 3.63) is 95.1 Å². The number of fused-ring (bicyclic) bond motifs is 2. The van der Waals surface area contributed by atoms with E-state index in [1.54, 1.807) is 58.0 Å². The fraction of sp³-hybridized carbons (Fsp3) is 0.523. The third-order valence-electron chi connectivity index (χ3n) is 12.2. The highest BCUT2D eigenvalue weighted by atomic mass is 16.6. The number of aliphatic hydroxyl groups is 1. The molecule has 56 heavy (non-hydrogen) atoms. The minimum atomic E-state index is -1.57. The van der Waals surface area contributed by atoms with Gasteiger partial charge in [0.15, 0.2) is 12.2 Å². The summed E-state index contributed by atoms with van der Waals surface area (Å²) >= 11 is 0. The summed E-state index contributed by atoms with van der Waals surface area (Å²) in [6, 6.07) is 17.6. The molecule has 2 aromatic carbocycles. The van der Waals surface area contributed by atoms with E-state index in [2.05, 4.69) is 6.58 Å². The largest absolute Gasteiger partial charge is 0.462 e. The zero-order valence-corrected chi connectivity index (χ0v) is 33.8. The van der Waals surface area contributed by atoms with Gasteiger partial charge < -0.3 is 33.7 Å². The lowest BCUT2D eigenvalue weighted by molar-refractivity contribution is -0.198. The first-order valence-electron chi connectivity index (χ1n) is 19.0. The number of hydrogen-bond acceptors (Lipinski definition) is 12. The van der Waals surface area contributed by atoms with Gasteiger partial charge in [-0.1, -0.05) is 62.0 Å². The molecule has 2 aromatic rings. The Kier molecular flexibility index (Phi) is 12.4. The maximum Gasteiger partial charge on any atom is 0.338 e. The van der Waals surface area contributed by atoms with Crippen molar-refractivity contribution >= 4 is 29.8 Å². The maximum absolute atomic E-state index is 14.1. The molecule has 12 nitrogen and oxygen atoms in total. The predicted molar refractivity (Wildman–Crippen MR) is 206 cm³/mol. The molecule has 2 fully saturated rings. The number of nitrogens with zero attached hydrogens (tertiary/aromatic N) is 1. The lowest BCUT2D eigenvalue weighted by Gasteiger charge is -2.53. The quantitative estimate of drug-likeness (QED) is 0.160. The van der Waals surface area contributed by atoms with Gasteiger partial charge in [0.2, 0.25) is 0 Å². The second kappa shape index (κ2) is 16.3. The number of benzene rings is 2. The molecule has 0 aliphatic heterocycles. The SMILES string of the molecule is C=C1C(OC(=O)CC(c2ccccc2)N(C)C)CC(OC(C)=O)C2(C)C1CC1(C(C)(C)O)CC(OC(C)=O)C(C)=C1C(OC(=O)c1ccccc1)C2OC(C)=O. The Hall–Kier alpha value is -4.81. The van der Waals surface area contributed by atoms with Gasteiger partial charge in [-0.15, -0.1) is 0 Å². The van der Waals surface area contributed by atoms with E-state index < -0.39 is 82.7 Å². The molecule has 3 aliphatic rings. The Morgan fingerprint density at radius 3 is 1.95 bits per heavy atom. The molecule has 12 heteroatoms. The van der Waals surface area contributed by atoms with Crippen molar-refractivity contribution in [1.29, 1.82) is 0 Å². The Bertz CT molecular complexity index is 1870. The number of ether oxygens (including phenoxy) is 5. The number of esters is 5. The van der Waals surface area contributed by atoms with E-state index in [0.717, 1.165) is 5.56 Å². The van der Waals surface area contributed by atoms with Gasteiger partial charge in [-0.05, 0) is 81.6 Å². The Morgan fingerprint density at radius 1 is 0.839 bits per heavy atom. The molecule has 0 saturated heterocycles. The van der Waals surface area contributed by atoms with Gasteiger partial charge in [-0.2, -0.15) is 0 Å². The van der Waals surface area contributed by atoms with Crippen LogP contribution in [0.5, 0.6) is 0 Å². The first kappa shape index (κ1) is 42.3. The van der Waals surface area contributed by atoms with E-state index in [1.165, 1.54) is 20.8 Å². The van der Waals surface area contributed by atoms with E-state index in [1.807, 2.05) is 49.3 Å². The van der Waals surface area contributed by atoms with E-state index in [-0.39, 0.29) is 37.3 Å². The zero-order chi connectivity index (χ0) is 41.3. The highest BCUT2D eigenvalue weighted by Gasteiger charge is 2.69. The molecule has 9 unspecified atom stereocenters. The molecule has 0 amide bonds. The van der Waals surface area contributed by atoms with Crippen molar-refractivity contribution in [2.75, 3.05) is 14.1 Å². The van der Waals surface area contributed by atoms with Crippen LogP contribution in [0.3, 0.4) is 0 Å². The van der Waals surface area contributed by atoms with E-state index in [0.29, 0.717) is 16.7 Å². The molecule has 0 heterocycles. The molecule has 3 aliphatic carbocycles. The summed E-state index contributed by atoms with van der Waals surface area (Å²) in [6.45, 7) is 15.1. The van der Waals surface area contributed by atoms with Gasteiger partial charge in [-0.25, -0.2) is 4.79 Å². The zero-order valence-electron chi connectivity index (χ0n) is 33.8. The summed E-state index contributed by atoms with van der Waals surface area (Å²) in [6.07, 6.45) is -5.36. The van der Waals surface area contributed by atoms with Gasteiger partial charge in [0.25, 0.3) is 0 Å². The molecule has 1 N–H and O–H groups in total. The summed E-state index contributed by atoms with van der Waals surface area (Å²) in [5, 5.41) is 12.3. The molecule has 2 saturated carbocycles. The molecule has 5 rings (SSSR count). The first-order valence-corrected chi connectivity index (χ1v) is 19.0. The molecule has 302 valence electrons. The van der Waals surface area contributed by atoms with Crippen molar-refractivity contribution < 1.29 is 52.8 Å². The second-order valence-electron chi connectivity index (χ2n) is 16.4. The predicted octanol–water partition coefficient (Wildman–Crippen LogP) is 6.08. The maximum atomic E-state index is 14.1. The number of hydrogen-bond donors (Lipinski definition) is 1. The van der Waals surface area contributed by atoms with Crippen LogP contribution in [0.2, 0.25) is 0 Å². The van der Waals surface area contributed by atoms with Crippen molar-refractivity contribution in [2.45, 2.75) is 116 Å². The van der Waals surface area contributed by atoms with Crippen molar-refractivity contribution in [3.63, 3.8) is 0 Å². The lowest BCUT2D eigenvalue weighted by Crippen LogP contribution is -2.60. The molecule has 0 spiro atoms. The Labute approximate surface area is 329 Å². The topological polar surface area (TPSA) is 155 Å². The fourth-order valence-electron chi connectivity index (χ4n) is 9.37. The normalized spacial score (nSPS) is 29.3. The van der Waals surface area contributed by atoms with Crippen LogP contribution in [0, 0.1) is 16.7 Å². The molecular formula is C44H55NO11. The van der Waals surface area contributed by atoms with Gasteiger partial charge >= 0.3 is 29.8 Å². The van der Waals surface area contributed by atoms with E-state index in [4.69, 9.17) is 23.7 Å². The van der Waals surface area contributed by atoms with Crippen molar-refractivity contribution in [3.8, 4) is 0 Å². The summed E-state index contributed by atoms with van der Waals surface area (Å²) in [7, 11) is 3.75. The monoisotopic (exact) mass is 773 g/mol. The van der Waals surface area contributed by atoms with Crippen molar-refractivity contribution in [2.24, 2.45) is 16.7 Å². The van der Waals surface area contributed by atoms with Crippen LogP contribution in [0.1, 0.15) is 96.1 Å². The van der Waals surface area contributed by atoms with Gasteiger partial charge in [-0.3, -0.25) is 19.2 Å². The number of rotatable bonds is 11. The standard InChI is InChI=1S/C44H55NO11/c1-25-32-23-44(42(6,7)51)24-35(52-27(3)46)26(2)38(44)39(56-41(50)31-19-15-12-16-20-31)40(54-29(5)48)43(32,8)36(53-28(4)47)22-34(25)55-37(49)21-33(45(9)10)30-17-13-11-14-18-30/h11-20,32-36,39-40,51H,1,21-24H2,2-10H3. The average Bonchev–Trinajstić information content (AvgIpc) is 3.35. The summed E-state index contributed by atoms with van der Waals surface area (Å²) in [5.41, 5.74) is -1.66. The molecular weight excluding hydrogens is 718 g/mol. The second-order valence-corrected chi connectivity index (χ2v) is 16.4. The summed E-state index contributed by atoms with van der Waals surface area (Å²) in [4.78, 5) is 68.5. The summed E-state index contributed by atoms with van der Waals surface area (Å²) < 4.78 is 30.9. The van der Waals surface area contributed by atoms with E-state index >= 15 is 0 Å². The van der Waals surface area contributed by atoms with Crippen LogP contribution >= 0.6 is 0 Å².